The van der Waals surface area contributed by atoms with Crippen LogP contribution in [0, 0.1) is 6.92 Å². The van der Waals surface area contributed by atoms with Gasteiger partial charge in [0.15, 0.2) is 11.5 Å². The van der Waals surface area contributed by atoms with Crippen molar-refractivity contribution < 1.29 is 14.3 Å². The maximum atomic E-state index is 12.3. The molecule has 23 heavy (non-hydrogen) atoms. The maximum absolute atomic E-state index is 12.3. The molecule has 4 rings (SSSR count). The zero-order chi connectivity index (χ0) is 15.8. The Balaban J connectivity index is 1.64. The van der Waals surface area contributed by atoms with E-state index >= 15 is 0 Å². The summed E-state index contributed by atoms with van der Waals surface area (Å²) in [6.45, 7) is 2.55. The second-order valence-electron chi connectivity index (χ2n) is 5.42. The van der Waals surface area contributed by atoms with E-state index in [9.17, 15) is 4.79 Å². The molecule has 3 heterocycles. The fourth-order valence-electron chi connectivity index (χ4n) is 2.71. The lowest BCUT2D eigenvalue weighted by molar-refractivity contribution is -0.128. The molecular formula is C16H15N3O3S. The fraction of sp³-hybridized carbons (Fsp3) is 0.312. The molecule has 0 N–H and O–H groups in total. The normalized spacial score (nSPS) is 19.4. The number of ether oxygens (including phenoxy) is 2. The van der Waals surface area contributed by atoms with Crippen LogP contribution in [0.25, 0.3) is 0 Å². The lowest BCUT2D eigenvalue weighted by Crippen LogP contribution is -2.28. The molecule has 7 heteroatoms. The molecule has 1 fully saturated rings. The lowest BCUT2D eigenvalue weighted by Gasteiger charge is -2.24. The molecule has 1 amide bonds. The third-order valence-electron chi connectivity index (χ3n) is 3.83. The minimum absolute atomic E-state index is 0.0951. The predicted octanol–water partition coefficient (Wildman–Crippen LogP) is 2.29. The van der Waals surface area contributed by atoms with Crippen LogP contribution >= 0.6 is 11.8 Å². The van der Waals surface area contributed by atoms with Gasteiger partial charge in [-0.3, -0.25) is 14.8 Å². The highest BCUT2D eigenvalue weighted by Gasteiger charge is 2.36. The zero-order valence-corrected chi connectivity index (χ0v) is 13.4. The van der Waals surface area contributed by atoms with Crippen molar-refractivity contribution in [1.29, 1.82) is 0 Å². The van der Waals surface area contributed by atoms with Crippen LogP contribution in [0.3, 0.4) is 0 Å². The molecule has 2 aliphatic heterocycles. The van der Waals surface area contributed by atoms with Crippen molar-refractivity contribution in [3.8, 4) is 11.5 Å². The standard InChI is InChI=1S/C16H15N3O3S/c1-10-5-18-11(6-17-10)7-19-14(20)8-23-16(19)12-3-2-4-13-15(12)22-9-21-13/h2-6,16H,7-9H2,1H3. The number of amides is 1. The number of hydrogen-bond donors (Lipinski definition) is 0. The van der Waals surface area contributed by atoms with Crippen molar-refractivity contribution in [2.45, 2.75) is 18.8 Å². The van der Waals surface area contributed by atoms with Crippen LogP contribution in [0.2, 0.25) is 0 Å². The fourth-order valence-corrected chi connectivity index (χ4v) is 3.91. The molecule has 2 aromatic rings. The Bertz CT molecular complexity index is 751. The number of fused-ring (bicyclic) bond motifs is 1. The summed E-state index contributed by atoms with van der Waals surface area (Å²) in [7, 11) is 0. The van der Waals surface area contributed by atoms with E-state index in [-0.39, 0.29) is 18.1 Å². The van der Waals surface area contributed by atoms with Crippen LogP contribution in [0.1, 0.15) is 22.3 Å². The van der Waals surface area contributed by atoms with Crippen molar-refractivity contribution >= 4 is 17.7 Å². The van der Waals surface area contributed by atoms with Gasteiger partial charge in [0, 0.05) is 11.8 Å². The van der Waals surface area contributed by atoms with Crippen LogP contribution in [0.4, 0.5) is 0 Å². The van der Waals surface area contributed by atoms with Crippen LogP contribution in [0.5, 0.6) is 11.5 Å². The minimum atomic E-state index is -0.0951. The Morgan fingerprint density at radius 2 is 2.22 bits per heavy atom. The van der Waals surface area contributed by atoms with Gasteiger partial charge in [-0.2, -0.15) is 0 Å². The summed E-state index contributed by atoms with van der Waals surface area (Å²) in [5.41, 5.74) is 2.61. The smallest absolute Gasteiger partial charge is 0.234 e. The third-order valence-corrected chi connectivity index (χ3v) is 5.07. The molecule has 0 aliphatic carbocycles. The molecule has 0 spiro atoms. The van der Waals surface area contributed by atoms with E-state index in [0.717, 1.165) is 28.5 Å². The summed E-state index contributed by atoms with van der Waals surface area (Å²) >= 11 is 1.59. The molecule has 1 aromatic heterocycles. The highest BCUT2D eigenvalue weighted by molar-refractivity contribution is 8.00. The van der Waals surface area contributed by atoms with Gasteiger partial charge in [-0.1, -0.05) is 12.1 Å². The van der Waals surface area contributed by atoms with Crippen molar-refractivity contribution in [2.75, 3.05) is 12.5 Å². The number of aromatic nitrogens is 2. The van der Waals surface area contributed by atoms with E-state index in [1.165, 1.54) is 0 Å². The number of para-hydroxylation sites is 1. The van der Waals surface area contributed by atoms with Crippen LogP contribution < -0.4 is 9.47 Å². The number of benzene rings is 1. The monoisotopic (exact) mass is 329 g/mol. The summed E-state index contributed by atoms with van der Waals surface area (Å²) in [4.78, 5) is 22.7. The second-order valence-corrected chi connectivity index (χ2v) is 6.48. The first-order valence-corrected chi connectivity index (χ1v) is 8.34. The topological polar surface area (TPSA) is 64.6 Å². The van der Waals surface area contributed by atoms with Gasteiger partial charge in [-0.05, 0) is 13.0 Å². The van der Waals surface area contributed by atoms with E-state index in [4.69, 9.17) is 9.47 Å². The number of thioether (sulfide) groups is 1. The largest absolute Gasteiger partial charge is 0.454 e. The van der Waals surface area contributed by atoms with Crippen molar-refractivity contribution in [2.24, 2.45) is 0 Å². The Hall–Kier alpha value is -2.28. The zero-order valence-electron chi connectivity index (χ0n) is 12.6. The summed E-state index contributed by atoms with van der Waals surface area (Å²) in [5.74, 6) is 2.02. The number of rotatable bonds is 3. The first-order chi connectivity index (χ1) is 11.2. The minimum Gasteiger partial charge on any atom is -0.454 e. The molecule has 1 saturated heterocycles. The van der Waals surface area contributed by atoms with E-state index < -0.39 is 0 Å². The average Bonchev–Trinajstić information content (AvgIpc) is 3.17. The van der Waals surface area contributed by atoms with Gasteiger partial charge in [0.1, 0.15) is 5.37 Å². The van der Waals surface area contributed by atoms with Crippen molar-refractivity contribution in [3.05, 3.63) is 47.5 Å². The SMILES string of the molecule is Cc1cnc(CN2C(=O)CSC2c2cccc3c2OCO3)cn1. The molecule has 0 saturated carbocycles. The van der Waals surface area contributed by atoms with E-state index in [1.807, 2.05) is 30.0 Å². The molecule has 1 aromatic carbocycles. The molecule has 6 nitrogen and oxygen atoms in total. The number of carbonyl (C=O) groups is 1. The Kier molecular flexibility index (Phi) is 3.57. The lowest BCUT2D eigenvalue weighted by atomic mass is 10.1. The predicted molar refractivity (Wildman–Crippen MR) is 85.1 cm³/mol. The van der Waals surface area contributed by atoms with E-state index in [0.29, 0.717) is 12.3 Å². The molecule has 118 valence electrons. The van der Waals surface area contributed by atoms with Crippen LogP contribution in [0.15, 0.2) is 30.6 Å². The van der Waals surface area contributed by atoms with E-state index in [1.54, 1.807) is 24.2 Å². The first-order valence-electron chi connectivity index (χ1n) is 7.29. The quantitative estimate of drug-likeness (QED) is 0.861. The highest BCUT2D eigenvalue weighted by Crippen LogP contribution is 2.47. The van der Waals surface area contributed by atoms with Crippen LogP contribution in [-0.2, 0) is 11.3 Å². The molecular weight excluding hydrogens is 314 g/mol. The Labute approximate surface area is 137 Å². The number of hydrogen-bond acceptors (Lipinski definition) is 6. The van der Waals surface area contributed by atoms with Gasteiger partial charge in [0.2, 0.25) is 12.7 Å². The first kappa shape index (κ1) is 14.3. The van der Waals surface area contributed by atoms with Gasteiger partial charge < -0.3 is 14.4 Å². The maximum Gasteiger partial charge on any atom is 0.234 e. The Morgan fingerprint density at radius 1 is 1.30 bits per heavy atom. The van der Waals surface area contributed by atoms with E-state index in [2.05, 4.69) is 9.97 Å². The Morgan fingerprint density at radius 3 is 3.04 bits per heavy atom. The van der Waals surface area contributed by atoms with Crippen molar-refractivity contribution in [3.63, 3.8) is 0 Å². The summed E-state index contributed by atoms with van der Waals surface area (Å²) in [6, 6.07) is 5.79. The third kappa shape index (κ3) is 2.61. The molecule has 0 bridgehead atoms. The summed E-state index contributed by atoms with van der Waals surface area (Å²) in [6.07, 6.45) is 3.44. The van der Waals surface area contributed by atoms with Gasteiger partial charge >= 0.3 is 0 Å². The van der Waals surface area contributed by atoms with Gasteiger partial charge in [0.05, 0.1) is 29.9 Å². The summed E-state index contributed by atoms with van der Waals surface area (Å²) < 4.78 is 11.0. The summed E-state index contributed by atoms with van der Waals surface area (Å²) in [5, 5.41) is -0.0951. The van der Waals surface area contributed by atoms with Crippen molar-refractivity contribution in [1.82, 2.24) is 14.9 Å². The van der Waals surface area contributed by atoms with Gasteiger partial charge in [-0.25, -0.2) is 0 Å². The molecule has 0 radical (unpaired) electrons. The number of nitrogens with zero attached hydrogens (tertiary/aromatic N) is 3. The average molecular weight is 329 g/mol. The van der Waals surface area contributed by atoms with Gasteiger partial charge in [0.25, 0.3) is 0 Å². The van der Waals surface area contributed by atoms with Crippen LogP contribution in [-0.4, -0.2) is 33.3 Å². The highest BCUT2D eigenvalue weighted by atomic mass is 32.2. The number of carbonyl (C=O) groups excluding carboxylic acids is 1. The number of aryl methyl sites for hydroxylation is 1. The molecule has 2 aliphatic rings. The molecule has 1 atom stereocenters. The van der Waals surface area contributed by atoms with Gasteiger partial charge in [-0.15, -0.1) is 11.8 Å². The second kappa shape index (κ2) is 5.73. The molecule has 1 unspecified atom stereocenters.